The molecule has 2 rings (SSSR count). The smallest absolute Gasteiger partial charge is 0.238 e. The van der Waals surface area contributed by atoms with E-state index in [0.29, 0.717) is 19.1 Å². The van der Waals surface area contributed by atoms with Gasteiger partial charge in [-0.15, -0.1) is 0 Å². The van der Waals surface area contributed by atoms with Crippen molar-refractivity contribution in [1.82, 2.24) is 4.90 Å². The van der Waals surface area contributed by atoms with E-state index in [1.807, 2.05) is 24.3 Å². The molecule has 20 heavy (non-hydrogen) atoms. The maximum Gasteiger partial charge on any atom is 0.238 e. The van der Waals surface area contributed by atoms with Gasteiger partial charge in [-0.3, -0.25) is 9.69 Å². The first-order valence-corrected chi connectivity index (χ1v) is 7.89. The number of carbonyl (C=O) groups excluding carboxylic acids is 1. The fourth-order valence-electron chi connectivity index (χ4n) is 2.73. The first kappa shape index (κ1) is 15.5. The van der Waals surface area contributed by atoms with Gasteiger partial charge in [-0.25, -0.2) is 0 Å². The monoisotopic (exact) mass is 340 g/mol. The molecule has 1 amide bonds. The molecule has 0 heterocycles. The fraction of sp³-hybridized carbons (Fsp3) is 0.533. The van der Waals surface area contributed by atoms with Crippen LogP contribution in [0, 0.1) is 0 Å². The van der Waals surface area contributed by atoms with Gasteiger partial charge in [0.1, 0.15) is 0 Å². The number of rotatable bonds is 6. The Morgan fingerprint density at radius 2 is 2.05 bits per heavy atom. The molecule has 4 nitrogen and oxygen atoms in total. The number of hydrogen-bond donors (Lipinski definition) is 2. The van der Waals surface area contributed by atoms with E-state index >= 15 is 0 Å². The molecule has 0 spiro atoms. The number of amides is 1. The lowest BCUT2D eigenvalue weighted by Crippen LogP contribution is -2.41. The maximum absolute atomic E-state index is 12.2. The molecule has 110 valence electrons. The van der Waals surface area contributed by atoms with Gasteiger partial charge >= 0.3 is 0 Å². The minimum atomic E-state index is -0.0303. The van der Waals surface area contributed by atoms with Gasteiger partial charge < -0.3 is 10.4 Å². The van der Waals surface area contributed by atoms with Crippen molar-refractivity contribution in [1.29, 1.82) is 0 Å². The van der Waals surface area contributed by atoms with E-state index in [2.05, 4.69) is 26.1 Å². The summed E-state index contributed by atoms with van der Waals surface area (Å²) in [6, 6.07) is 8.01. The lowest BCUT2D eigenvalue weighted by molar-refractivity contribution is -0.118. The standard InChI is InChI=1S/C15H21BrN2O2/c16-13-7-3-4-8-14(13)17-15(20)11-18(9-10-19)12-5-1-2-6-12/h3-4,7-8,12,19H,1-2,5-6,9-11H2,(H,17,20). The van der Waals surface area contributed by atoms with Crippen molar-refractivity contribution in [2.45, 2.75) is 31.7 Å². The highest BCUT2D eigenvalue weighted by molar-refractivity contribution is 9.10. The second-order valence-corrected chi connectivity index (χ2v) is 6.01. The van der Waals surface area contributed by atoms with Crippen molar-refractivity contribution in [3.8, 4) is 0 Å². The molecular formula is C15H21BrN2O2. The average molecular weight is 341 g/mol. The van der Waals surface area contributed by atoms with Crippen LogP contribution in [0.3, 0.4) is 0 Å². The molecule has 1 aliphatic carbocycles. The molecule has 0 unspecified atom stereocenters. The van der Waals surface area contributed by atoms with Crippen LogP contribution in [0.5, 0.6) is 0 Å². The summed E-state index contributed by atoms with van der Waals surface area (Å²) in [7, 11) is 0. The molecule has 0 saturated heterocycles. The molecular weight excluding hydrogens is 320 g/mol. The van der Waals surface area contributed by atoms with E-state index in [9.17, 15) is 4.79 Å². The second kappa shape index (κ2) is 7.76. The van der Waals surface area contributed by atoms with E-state index in [-0.39, 0.29) is 12.5 Å². The number of para-hydroxylation sites is 1. The number of benzene rings is 1. The predicted octanol–water partition coefficient (Wildman–Crippen LogP) is 2.62. The van der Waals surface area contributed by atoms with Crippen LogP contribution in [-0.2, 0) is 4.79 Å². The Morgan fingerprint density at radius 1 is 1.35 bits per heavy atom. The van der Waals surface area contributed by atoms with E-state index < -0.39 is 0 Å². The van der Waals surface area contributed by atoms with Gasteiger partial charge in [0.25, 0.3) is 0 Å². The summed E-state index contributed by atoms with van der Waals surface area (Å²) in [4.78, 5) is 14.2. The quantitative estimate of drug-likeness (QED) is 0.836. The van der Waals surface area contributed by atoms with Crippen LogP contribution < -0.4 is 5.32 Å². The number of nitrogens with zero attached hydrogens (tertiary/aromatic N) is 1. The van der Waals surface area contributed by atoms with Gasteiger partial charge in [0.05, 0.1) is 18.8 Å². The third-order valence-electron chi connectivity index (χ3n) is 3.72. The normalized spacial score (nSPS) is 15.8. The van der Waals surface area contributed by atoms with Crippen molar-refractivity contribution in [2.75, 3.05) is 25.0 Å². The molecule has 1 saturated carbocycles. The molecule has 0 aromatic heterocycles. The summed E-state index contributed by atoms with van der Waals surface area (Å²) in [5.41, 5.74) is 0.785. The minimum absolute atomic E-state index is 0.0303. The maximum atomic E-state index is 12.2. The summed E-state index contributed by atoms with van der Waals surface area (Å²) in [6.07, 6.45) is 4.70. The summed E-state index contributed by atoms with van der Waals surface area (Å²) in [5.74, 6) is -0.0303. The van der Waals surface area contributed by atoms with Crippen LogP contribution in [0.1, 0.15) is 25.7 Å². The van der Waals surface area contributed by atoms with Gasteiger partial charge in [0, 0.05) is 17.1 Å². The summed E-state index contributed by atoms with van der Waals surface area (Å²) >= 11 is 3.42. The third-order valence-corrected chi connectivity index (χ3v) is 4.41. The Hall–Kier alpha value is -0.910. The molecule has 0 atom stereocenters. The van der Waals surface area contributed by atoms with Gasteiger partial charge in [0.2, 0.25) is 5.91 Å². The molecule has 0 radical (unpaired) electrons. The summed E-state index contributed by atoms with van der Waals surface area (Å²) in [5, 5.41) is 12.1. The molecule has 0 bridgehead atoms. The number of aliphatic hydroxyl groups excluding tert-OH is 1. The van der Waals surface area contributed by atoms with Crippen molar-refractivity contribution in [3.63, 3.8) is 0 Å². The van der Waals surface area contributed by atoms with Gasteiger partial charge in [-0.05, 0) is 40.9 Å². The van der Waals surface area contributed by atoms with Crippen LogP contribution >= 0.6 is 15.9 Å². The molecule has 1 aromatic carbocycles. The Kier molecular flexibility index (Phi) is 6.01. The van der Waals surface area contributed by atoms with Crippen molar-refractivity contribution >= 4 is 27.5 Å². The van der Waals surface area contributed by atoms with Crippen LogP contribution in [0.15, 0.2) is 28.7 Å². The Bertz CT molecular complexity index is 447. The fourth-order valence-corrected chi connectivity index (χ4v) is 3.11. The lowest BCUT2D eigenvalue weighted by Gasteiger charge is -2.27. The molecule has 0 aliphatic heterocycles. The zero-order valence-electron chi connectivity index (χ0n) is 11.5. The zero-order valence-corrected chi connectivity index (χ0v) is 13.1. The zero-order chi connectivity index (χ0) is 14.4. The highest BCUT2D eigenvalue weighted by Crippen LogP contribution is 2.24. The van der Waals surface area contributed by atoms with Crippen molar-refractivity contribution < 1.29 is 9.90 Å². The molecule has 1 fully saturated rings. The lowest BCUT2D eigenvalue weighted by atomic mass is 10.2. The number of hydrogen-bond acceptors (Lipinski definition) is 3. The largest absolute Gasteiger partial charge is 0.395 e. The first-order chi connectivity index (χ1) is 9.70. The molecule has 5 heteroatoms. The predicted molar refractivity (Wildman–Crippen MR) is 83.7 cm³/mol. The number of nitrogens with one attached hydrogen (secondary N) is 1. The Balaban J connectivity index is 1.92. The SMILES string of the molecule is O=C(CN(CCO)C1CCCC1)Nc1ccccc1Br. The number of halogens is 1. The topological polar surface area (TPSA) is 52.6 Å². The first-order valence-electron chi connectivity index (χ1n) is 7.10. The Labute approximate surface area is 128 Å². The van der Waals surface area contributed by atoms with Crippen LogP contribution in [0.25, 0.3) is 0 Å². The summed E-state index contributed by atoms with van der Waals surface area (Å²) in [6.45, 7) is 0.999. The second-order valence-electron chi connectivity index (χ2n) is 5.16. The highest BCUT2D eigenvalue weighted by Gasteiger charge is 2.24. The van der Waals surface area contributed by atoms with Crippen molar-refractivity contribution in [2.24, 2.45) is 0 Å². The third kappa shape index (κ3) is 4.30. The number of aliphatic hydroxyl groups is 1. The molecule has 1 aliphatic rings. The van der Waals surface area contributed by atoms with Crippen LogP contribution in [-0.4, -0.2) is 41.7 Å². The minimum Gasteiger partial charge on any atom is -0.395 e. The molecule has 1 aromatic rings. The van der Waals surface area contributed by atoms with E-state index in [1.165, 1.54) is 12.8 Å². The van der Waals surface area contributed by atoms with E-state index in [0.717, 1.165) is 23.0 Å². The average Bonchev–Trinajstić information content (AvgIpc) is 2.95. The number of carbonyl (C=O) groups is 1. The van der Waals surface area contributed by atoms with E-state index in [1.54, 1.807) is 0 Å². The number of anilines is 1. The Morgan fingerprint density at radius 3 is 2.70 bits per heavy atom. The van der Waals surface area contributed by atoms with Crippen LogP contribution in [0.2, 0.25) is 0 Å². The summed E-state index contributed by atoms with van der Waals surface area (Å²) < 4.78 is 0.878. The van der Waals surface area contributed by atoms with Crippen molar-refractivity contribution in [3.05, 3.63) is 28.7 Å². The molecule has 2 N–H and O–H groups in total. The van der Waals surface area contributed by atoms with Gasteiger partial charge in [-0.1, -0.05) is 25.0 Å². The highest BCUT2D eigenvalue weighted by atomic mass is 79.9. The van der Waals surface area contributed by atoms with Crippen LogP contribution in [0.4, 0.5) is 5.69 Å². The van der Waals surface area contributed by atoms with Gasteiger partial charge in [0.15, 0.2) is 0 Å². The van der Waals surface area contributed by atoms with E-state index in [4.69, 9.17) is 5.11 Å². The van der Waals surface area contributed by atoms with Gasteiger partial charge in [-0.2, -0.15) is 0 Å².